The lowest BCUT2D eigenvalue weighted by molar-refractivity contribution is -0.992. The van der Waals surface area contributed by atoms with Crippen LogP contribution in [-0.4, -0.2) is 47.9 Å². The Kier molecular flexibility index (Phi) is 5.99. The lowest BCUT2D eigenvalue weighted by Gasteiger charge is -2.43. The van der Waals surface area contributed by atoms with E-state index >= 15 is 0 Å². The molecular formula is C22H27N3O6. The summed E-state index contributed by atoms with van der Waals surface area (Å²) in [5.41, 5.74) is 1.17. The number of carbonyl (C=O) groups excluding carboxylic acids is 1. The summed E-state index contributed by atoms with van der Waals surface area (Å²) < 4.78 is 12.2. The number of methoxy groups -OCH3 is 2. The number of nitrogens with one attached hydrogen (secondary N) is 1. The minimum atomic E-state index is -1.21. The van der Waals surface area contributed by atoms with Crippen LogP contribution in [0.1, 0.15) is 30.0 Å². The molecule has 2 N–H and O–H groups in total. The fourth-order valence-electron chi connectivity index (χ4n) is 4.76. The molecular weight excluding hydrogens is 402 g/mol. The van der Waals surface area contributed by atoms with Gasteiger partial charge in [0.2, 0.25) is 11.6 Å². The number of aromatic nitrogens is 1. The molecule has 3 unspecified atom stereocenters. The molecule has 1 saturated heterocycles. The van der Waals surface area contributed by atoms with Crippen molar-refractivity contribution >= 4 is 11.6 Å². The average molecular weight is 429 g/mol. The van der Waals surface area contributed by atoms with E-state index in [9.17, 15) is 20.0 Å². The van der Waals surface area contributed by atoms with Gasteiger partial charge in [0, 0.05) is 43.7 Å². The SMILES string of the molecule is COc1ccc(CCC(=O)N2CC3CC(C2)c2ccc([NH+]([O-])O)c(=O)n2C3)cc1OC. The Morgan fingerprint density at radius 3 is 2.65 bits per heavy atom. The zero-order valence-corrected chi connectivity index (χ0v) is 17.7. The first kappa shape index (κ1) is 21.4. The second-order valence-electron chi connectivity index (χ2n) is 8.18. The van der Waals surface area contributed by atoms with E-state index in [2.05, 4.69) is 0 Å². The number of hydrogen-bond donors (Lipinski definition) is 2. The normalized spacial score (nSPS) is 20.7. The van der Waals surface area contributed by atoms with Crippen LogP contribution in [0.4, 0.5) is 5.69 Å². The predicted octanol–water partition coefficient (Wildman–Crippen LogP) is 0.847. The molecule has 0 radical (unpaired) electrons. The van der Waals surface area contributed by atoms with E-state index in [4.69, 9.17) is 9.47 Å². The molecule has 0 spiro atoms. The first-order valence-corrected chi connectivity index (χ1v) is 10.4. The number of fused-ring (bicyclic) bond motifs is 4. The molecule has 1 amide bonds. The summed E-state index contributed by atoms with van der Waals surface area (Å²) >= 11 is 0. The molecule has 2 aromatic rings. The highest BCUT2D eigenvalue weighted by Crippen LogP contribution is 2.35. The maximum Gasteiger partial charge on any atom is 0.315 e. The number of hydrogen-bond acceptors (Lipinski definition) is 6. The molecule has 9 heteroatoms. The van der Waals surface area contributed by atoms with Gasteiger partial charge in [-0.15, -0.1) is 0 Å². The number of nitrogens with zero attached hydrogens (tertiary/aromatic N) is 2. The fourth-order valence-corrected chi connectivity index (χ4v) is 4.76. The first-order chi connectivity index (χ1) is 14.9. The van der Waals surface area contributed by atoms with Gasteiger partial charge in [-0.05, 0) is 42.5 Å². The lowest BCUT2D eigenvalue weighted by Crippen LogP contribution is -3.00. The minimum absolute atomic E-state index is 0.0491. The standard InChI is InChI=1S/C22H27N3O6/c1-30-19-7-3-14(10-20(19)31-2)4-8-21(26)23-11-15-9-16(13-23)17-5-6-18(25(28)29)22(27)24(17)12-15/h3,5-7,10,15-16,25,28H,4,8-9,11-13H2,1-2H3. The number of amides is 1. The molecule has 1 fully saturated rings. The van der Waals surface area contributed by atoms with Gasteiger partial charge < -0.3 is 24.1 Å². The maximum atomic E-state index is 12.9. The quantitative estimate of drug-likeness (QED) is 0.659. The Morgan fingerprint density at radius 1 is 1.16 bits per heavy atom. The minimum Gasteiger partial charge on any atom is -0.595 e. The molecule has 2 bridgehead atoms. The van der Waals surface area contributed by atoms with Crippen molar-refractivity contribution < 1.29 is 24.7 Å². The number of rotatable bonds is 6. The highest BCUT2D eigenvalue weighted by molar-refractivity contribution is 5.76. The molecule has 3 heterocycles. The number of ether oxygens (including phenoxy) is 2. The number of benzene rings is 1. The van der Waals surface area contributed by atoms with E-state index in [1.165, 1.54) is 6.07 Å². The molecule has 166 valence electrons. The summed E-state index contributed by atoms with van der Waals surface area (Å²) in [6.07, 6.45) is 1.90. The Balaban J connectivity index is 1.44. The van der Waals surface area contributed by atoms with Crippen LogP contribution in [0.3, 0.4) is 0 Å². The molecule has 2 aliphatic rings. The lowest BCUT2D eigenvalue weighted by atomic mass is 9.83. The molecule has 4 rings (SSSR count). The fraction of sp³-hybridized carbons (Fsp3) is 0.455. The second kappa shape index (κ2) is 8.70. The molecule has 3 atom stereocenters. The molecule has 1 aromatic carbocycles. The summed E-state index contributed by atoms with van der Waals surface area (Å²) in [5, 5.41) is 19.3. The average Bonchev–Trinajstić information content (AvgIpc) is 2.77. The molecule has 9 nitrogen and oxygen atoms in total. The van der Waals surface area contributed by atoms with Gasteiger partial charge in [-0.3, -0.25) is 9.59 Å². The van der Waals surface area contributed by atoms with Crippen LogP contribution in [0, 0.1) is 11.1 Å². The van der Waals surface area contributed by atoms with E-state index < -0.39 is 10.8 Å². The Morgan fingerprint density at radius 2 is 1.94 bits per heavy atom. The third-order valence-corrected chi connectivity index (χ3v) is 6.26. The summed E-state index contributed by atoms with van der Waals surface area (Å²) in [6, 6.07) is 8.77. The largest absolute Gasteiger partial charge is 0.595 e. The number of pyridine rings is 1. The molecule has 31 heavy (non-hydrogen) atoms. The van der Waals surface area contributed by atoms with Crippen LogP contribution >= 0.6 is 0 Å². The van der Waals surface area contributed by atoms with Crippen molar-refractivity contribution in [3.8, 4) is 11.5 Å². The Hall–Kier alpha value is -2.88. The second-order valence-corrected chi connectivity index (χ2v) is 8.18. The first-order valence-electron chi connectivity index (χ1n) is 10.4. The molecule has 2 aliphatic heterocycles. The van der Waals surface area contributed by atoms with Crippen molar-refractivity contribution in [2.24, 2.45) is 5.92 Å². The van der Waals surface area contributed by atoms with Crippen LogP contribution in [0.2, 0.25) is 0 Å². The van der Waals surface area contributed by atoms with Gasteiger partial charge >= 0.3 is 5.56 Å². The van der Waals surface area contributed by atoms with Crippen LogP contribution in [-0.2, 0) is 17.8 Å². The smallest absolute Gasteiger partial charge is 0.315 e. The van der Waals surface area contributed by atoms with Gasteiger partial charge in [-0.1, -0.05) is 6.07 Å². The van der Waals surface area contributed by atoms with Crippen molar-refractivity contribution in [1.82, 2.24) is 9.47 Å². The third kappa shape index (κ3) is 4.16. The van der Waals surface area contributed by atoms with E-state index in [0.29, 0.717) is 44.0 Å². The Bertz CT molecular complexity index is 1030. The van der Waals surface area contributed by atoms with Gasteiger partial charge in [-0.2, -0.15) is 5.23 Å². The van der Waals surface area contributed by atoms with E-state index in [-0.39, 0.29) is 23.4 Å². The van der Waals surface area contributed by atoms with Crippen LogP contribution in [0.15, 0.2) is 35.1 Å². The van der Waals surface area contributed by atoms with Gasteiger partial charge in [0.1, 0.15) is 0 Å². The number of likely N-dealkylation sites (tertiary alicyclic amines) is 1. The topological polar surface area (TPSA) is 109 Å². The number of aryl methyl sites for hydroxylation is 1. The number of piperidine rings is 1. The van der Waals surface area contributed by atoms with Crippen molar-refractivity contribution in [2.75, 3.05) is 27.3 Å². The van der Waals surface area contributed by atoms with E-state index in [1.807, 2.05) is 23.1 Å². The third-order valence-electron chi connectivity index (χ3n) is 6.26. The summed E-state index contributed by atoms with van der Waals surface area (Å²) in [6.45, 7) is 1.59. The summed E-state index contributed by atoms with van der Waals surface area (Å²) in [5.74, 6) is 1.58. The summed E-state index contributed by atoms with van der Waals surface area (Å²) in [4.78, 5) is 27.4. The van der Waals surface area contributed by atoms with E-state index in [0.717, 1.165) is 17.7 Å². The maximum absolute atomic E-state index is 12.9. The van der Waals surface area contributed by atoms with E-state index in [1.54, 1.807) is 24.9 Å². The van der Waals surface area contributed by atoms with Crippen molar-refractivity contribution in [1.29, 1.82) is 0 Å². The van der Waals surface area contributed by atoms with Gasteiger partial charge in [-0.25, -0.2) is 5.21 Å². The van der Waals surface area contributed by atoms with Crippen LogP contribution in [0.5, 0.6) is 11.5 Å². The summed E-state index contributed by atoms with van der Waals surface area (Å²) in [7, 11) is 3.17. The zero-order valence-electron chi connectivity index (χ0n) is 17.7. The van der Waals surface area contributed by atoms with Crippen molar-refractivity contribution in [2.45, 2.75) is 31.7 Å². The van der Waals surface area contributed by atoms with Crippen molar-refractivity contribution in [3.05, 3.63) is 57.2 Å². The van der Waals surface area contributed by atoms with Gasteiger partial charge in [0.15, 0.2) is 11.5 Å². The highest BCUT2D eigenvalue weighted by Gasteiger charge is 2.37. The monoisotopic (exact) mass is 429 g/mol. The molecule has 0 saturated carbocycles. The van der Waals surface area contributed by atoms with Crippen LogP contribution in [0.25, 0.3) is 0 Å². The van der Waals surface area contributed by atoms with Gasteiger partial charge in [0.05, 0.1) is 14.2 Å². The number of quaternary nitrogens is 1. The number of carbonyl (C=O) groups is 1. The molecule has 0 aliphatic carbocycles. The van der Waals surface area contributed by atoms with Gasteiger partial charge in [0.25, 0.3) is 0 Å². The Labute approximate surface area is 179 Å². The zero-order chi connectivity index (χ0) is 22.1. The predicted molar refractivity (Wildman–Crippen MR) is 112 cm³/mol. The van der Waals surface area contributed by atoms with Crippen molar-refractivity contribution in [3.63, 3.8) is 0 Å². The molecule has 1 aromatic heterocycles. The highest BCUT2D eigenvalue weighted by atomic mass is 16.8. The van der Waals surface area contributed by atoms with Crippen LogP contribution < -0.4 is 20.3 Å².